The van der Waals surface area contributed by atoms with E-state index in [1.54, 1.807) is 12.3 Å². The minimum atomic E-state index is -0.0310. The van der Waals surface area contributed by atoms with Gasteiger partial charge in [-0.2, -0.15) is 5.10 Å². The summed E-state index contributed by atoms with van der Waals surface area (Å²) in [6, 6.07) is 17.6. The molecule has 126 valence electrons. The number of aromatic nitrogens is 2. The summed E-state index contributed by atoms with van der Waals surface area (Å²) in [6.45, 7) is 0.451. The first kappa shape index (κ1) is 15.4. The van der Waals surface area contributed by atoms with E-state index in [4.69, 9.17) is 4.74 Å². The number of nitrogens with one attached hydrogen (secondary N) is 1. The molecule has 5 nitrogen and oxygen atoms in total. The highest BCUT2D eigenvalue weighted by molar-refractivity contribution is 5.94. The molecule has 1 heterocycles. The molecule has 1 fully saturated rings. The van der Waals surface area contributed by atoms with Crippen LogP contribution in [0.1, 0.15) is 28.8 Å². The highest BCUT2D eigenvalue weighted by atomic mass is 16.5. The minimum Gasteiger partial charge on any atom is -0.489 e. The van der Waals surface area contributed by atoms with Crippen molar-refractivity contribution in [3.63, 3.8) is 0 Å². The Morgan fingerprint density at radius 2 is 2.00 bits per heavy atom. The van der Waals surface area contributed by atoms with E-state index >= 15 is 0 Å². The van der Waals surface area contributed by atoms with Crippen LogP contribution in [-0.4, -0.2) is 21.7 Å². The van der Waals surface area contributed by atoms with Crippen molar-refractivity contribution in [2.75, 3.05) is 0 Å². The molecule has 5 heteroatoms. The van der Waals surface area contributed by atoms with E-state index in [0.717, 1.165) is 24.1 Å². The molecular formula is C20H19N3O2. The van der Waals surface area contributed by atoms with Crippen molar-refractivity contribution in [3.8, 4) is 11.4 Å². The molecular weight excluding hydrogens is 314 g/mol. The molecule has 0 atom stereocenters. The normalized spacial score (nSPS) is 13.4. The lowest BCUT2D eigenvalue weighted by molar-refractivity contribution is 0.0950. The summed E-state index contributed by atoms with van der Waals surface area (Å²) in [6.07, 6.45) is 5.82. The molecule has 1 saturated carbocycles. The van der Waals surface area contributed by atoms with E-state index in [-0.39, 0.29) is 5.91 Å². The number of benzene rings is 2. The maximum Gasteiger partial charge on any atom is 0.251 e. The van der Waals surface area contributed by atoms with E-state index in [9.17, 15) is 4.79 Å². The van der Waals surface area contributed by atoms with Gasteiger partial charge >= 0.3 is 0 Å². The van der Waals surface area contributed by atoms with Crippen LogP contribution in [0.25, 0.3) is 5.69 Å². The van der Waals surface area contributed by atoms with Crippen molar-refractivity contribution in [3.05, 3.63) is 78.1 Å². The molecule has 0 saturated heterocycles. The van der Waals surface area contributed by atoms with Gasteiger partial charge in [-0.25, -0.2) is 4.68 Å². The Morgan fingerprint density at radius 3 is 2.72 bits per heavy atom. The van der Waals surface area contributed by atoms with Crippen molar-refractivity contribution in [1.82, 2.24) is 15.1 Å². The summed E-state index contributed by atoms with van der Waals surface area (Å²) < 4.78 is 7.64. The maximum absolute atomic E-state index is 12.1. The first-order valence-electron chi connectivity index (χ1n) is 8.41. The quantitative estimate of drug-likeness (QED) is 0.753. The summed E-state index contributed by atoms with van der Waals surface area (Å²) in [5, 5.41) is 7.20. The first-order valence-corrected chi connectivity index (χ1v) is 8.41. The Balaban J connectivity index is 1.38. The minimum absolute atomic E-state index is 0.0310. The van der Waals surface area contributed by atoms with Gasteiger partial charge in [-0.05, 0) is 54.8 Å². The van der Waals surface area contributed by atoms with Gasteiger partial charge in [-0.1, -0.05) is 18.2 Å². The Labute approximate surface area is 146 Å². The number of hydrogen-bond acceptors (Lipinski definition) is 3. The summed E-state index contributed by atoms with van der Waals surface area (Å²) >= 11 is 0. The number of carbonyl (C=O) groups excluding carboxylic acids is 1. The summed E-state index contributed by atoms with van der Waals surface area (Å²) in [7, 11) is 0. The van der Waals surface area contributed by atoms with Crippen molar-refractivity contribution in [1.29, 1.82) is 0 Å². The number of ether oxygens (including phenoxy) is 1. The van der Waals surface area contributed by atoms with E-state index in [1.807, 2.05) is 59.4 Å². The molecule has 4 rings (SSSR count). The zero-order valence-electron chi connectivity index (χ0n) is 13.8. The molecule has 0 bridgehead atoms. The molecule has 1 aromatic heterocycles. The van der Waals surface area contributed by atoms with Crippen molar-refractivity contribution < 1.29 is 9.53 Å². The van der Waals surface area contributed by atoms with Crippen LogP contribution in [0.3, 0.4) is 0 Å². The molecule has 0 unspecified atom stereocenters. The van der Waals surface area contributed by atoms with E-state index in [1.165, 1.54) is 0 Å². The van der Waals surface area contributed by atoms with E-state index in [2.05, 4.69) is 10.4 Å². The number of nitrogens with zero attached hydrogens (tertiary/aromatic N) is 2. The van der Waals surface area contributed by atoms with Crippen LogP contribution in [0, 0.1) is 0 Å². The maximum atomic E-state index is 12.1. The van der Waals surface area contributed by atoms with Crippen LogP contribution in [-0.2, 0) is 6.61 Å². The van der Waals surface area contributed by atoms with Gasteiger partial charge in [0.25, 0.3) is 5.91 Å². The Hall–Kier alpha value is -3.08. The summed E-state index contributed by atoms with van der Waals surface area (Å²) in [5.74, 6) is 0.663. The second kappa shape index (κ2) is 6.81. The molecule has 1 N–H and O–H groups in total. The molecule has 1 amide bonds. The molecule has 0 aliphatic heterocycles. The topological polar surface area (TPSA) is 56.1 Å². The van der Waals surface area contributed by atoms with Gasteiger partial charge in [0.05, 0.1) is 5.69 Å². The lowest BCUT2D eigenvalue weighted by Gasteiger charge is -2.09. The third-order valence-electron chi connectivity index (χ3n) is 4.12. The van der Waals surface area contributed by atoms with Crippen LogP contribution in [0.2, 0.25) is 0 Å². The van der Waals surface area contributed by atoms with Gasteiger partial charge in [0, 0.05) is 24.0 Å². The predicted octanol–water partition coefficient (Wildman–Crippen LogP) is 3.34. The highest BCUT2D eigenvalue weighted by Crippen LogP contribution is 2.21. The number of carbonyl (C=O) groups is 1. The summed E-state index contributed by atoms with van der Waals surface area (Å²) in [5.41, 5.74) is 2.70. The zero-order valence-corrected chi connectivity index (χ0v) is 13.8. The largest absolute Gasteiger partial charge is 0.489 e. The predicted molar refractivity (Wildman–Crippen MR) is 94.8 cm³/mol. The molecule has 0 spiro atoms. The van der Waals surface area contributed by atoms with Crippen LogP contribution in [0.15, 0.2) is 67.0 Å². The zero-order chi connectivity index (χ0) is 17.1. The number of hydrogen-bond donors (Lipinski definition) is 1. The third kappa shape index (κ3) is 3.88. The fourth-order valence-corrected chi connectivity index (χ4v) is 2.56. The van der Waals surface area contributed by atoms with Crippen molar-refractivity contribution >= 4 is 5.91 Å². The lowest BCUT2D eigenvalue weighted by atomic mass is 10.2. The first-order chi connectivity index (χ1) is 12.3. The Bertz CT molecular complexity index is 853. The fraction of sp³-hybridized carbons (Fsp3) is 0.200. The molecule has 2 aromatic carbocycles. The van der Waals surface area contributed by atoms with Gasteiger partial charge in [-0.3, -0.25) is 4.79 Å². The van der Waals surface area contributed by atoms with Crippen LogP contribution in [0.5, 0.6) is 5.75 Å². The lowest BCUT2D eigenvalue weighted by Crippen LogP contribution is -2.25. The van der Waals surface area contributed by atoms with E-state index < -0.39 is 0 Å². The molecule has 3 aromatic rings. The average Bonchev–Trinajstić information content (AvgIpc) is 3.29. The number of amides is 1. The van der Waals surface area contributed by atoms with Crippen molar-refractivity contribution in [2.24, 2.45) is 0 Å². The van der Waals surface area contributed by atoms with Crippen LogP contribution < -0.4 is 10.1 Å². The van der Waals surface area contributed by atoms with Crippen LogP contribution >= 0.6 is 0 Å². The van der Waals surface area contributed by atoms with Gasteiger partial charge < -0.3 is 10.1 Å². The Morgan fingerprint density at radius 1 is 1.16 bits per heavy atom. The van der Waals surface area contributed by atoms with Crippen LogP contribution in [0.4, 0.5) is 0 Å². The standard InChI is InChI=1S/C20H19N3O2/c24-20(22-17-7-8-17)16-3-1-4-19(13-16)25-14-15-5-9-18(10-6-15)23-12-2-11-21-23/h1-6,9-13,17H,7-8,14H2,(H,22,24). The van der Waals surface area contributed by atoms with Gasteiger partial charge in [0.2, 0.25) is 0 Å². The molecule has 1 aliphatic rings. The average molecular weight is 333 g/mol. The third-order valence-corrected chi connectivity index (χ3v) is 4.12. The van der Waals surface area contributed by atoms with Gasteiger partial charge in [-0.15, -0.1) is 0 Å². The second-order valence-electron chi connectivity index (χ2n) is 6.18. The SMILES string of the molecule is O=C(NC1CC1)c1cccc(OCc2ccc(-n3cccn3)cc2)c1. The molecule has 1 aliphatic carbocycles. The second-order valence-corrected chi connectivity index (χ2v) is 6.18. The van der Waals surface area contributed by atoms with Crippen molar-refractivity contribution in [2.45, 2.75) is 25.5 Å². The van der Waals surface area contributed by atoms with Gasteiger partial charge in [0.1, 0.15) is 12.4 Å². The Kier molecular flexibility index (Phi) is 4.21. The molecule has 0 radical (unpaired) electrons. The van der Waals surface area contributed by atoms with Gasteiger partial charge in [0.15, 0.2) is 0 Å². The number of rotatable bonds is 6. The fourth-order valence-electron chi connectivity index (χ4n) is 2.56. The summed E-state index contributed by atoms with van der Waals surface area (Å²) in [4.78, 5) is 12.1. The molecule has 25 heavy (non-hydrogen) atoms. The monoisotopic (exact) mass is 333 g/mol. The van der Waals surface area contributed by atoms with E-state index in [0.29, 0.717) is 24.0 Å². The smallest absolute Gasteiger partial charge is 0.251 e. The highest BCUT2D eigenvalue weighted by Gasteiger charge is 2.23.